The third kappa shape index (κ3) is 4.16. The Bertz CT molecular complexity index is 1260. The van der Waals surface area contributed by atoms with Crippen molar-refractivity contribution in [1.29, 1.82) is 0 Å². The topological polar surface area (TPSA) is 97.0 Å². The lowest BCUT2D eigenvalue weighted by Crippen LogP contribution is -1.98. The Morgan fingerprint density at radius 1 is 0.818 bits per heavy atom. The molecule has 0 saturated carbocycles. The highest BCUT2D eigenvalue weighted by Gasteiger charge is 2.22. The molecule has 170 valence electrons. The van der Waals surface area contributed by atoms with Crippen LogP contribution in [0.5, 0.6) is 17.2 Å². The van der Waals surface area contributed by atoms with E-state index in [1.807, 2.05) is 60.1 Å². The SMILES string of the molecule is COc1ccc(-c2c(-c3ccc(CO)cc3)nc(-c3cc(OC)cc(CO)c3O)n2C)cc1. The number of hydrogen-bond acceptors (Lipinski definition) is 6. The lowest BCUT2D eigenvalue weighted by Gasteiger charge is -2.12. The maximum Gasteiger partial charge on any atom is 0.144 e. The summed E-state index contributed by atoms with van der Waals surface area (Å²) < 4.78 is 12.6. The summed E-state index contributed by atoms with van der Waals surface area (Å²) in [6, 6.07) is 18.5. The summed E-state index contributed by atoms with van der Waals surface area (Å²) in [6.07, 6.45) is 0. The van der Waals surface area contributed by atoms with Gasteiger partial charge in [-0.25, -0.2) is 4.98 Å². The minimum Gasteiger partial charge on any atom is -0.507 e. The summed E-state index contributed by atoms with van der Waals surface area (Å²) in [5, 5.41) is 30.0. The van der Waals surface area contributed by atoms with E-state index in [0.29, 0.717) is 22.7 Å². The van der Waals surface area contributed by atoms with Gasteiger partial charge in [-0.3, -0.25) is 0 Å². The van der Waals surface area contributed by atoms with E-state index in [0.717, 1.165) is 33.8 Å². The molecule has 0 amide bonds. The molecule has 0 radical (unpaired) electrons. The first-order valence-electron chi connectivity index (χ1n) is 10.4. The van der Waals surface area contributed by atoms with Crippen LogP contribution >= 0.6 is 0 Å². The number of aromatic nitrogens is 2. The summed E-state index contributed by atoms with van der Waals surface area (Å²) in [5.41, 5.74) is 4.96. The molecule has 7 nitrogen and oxygen atoms in total. The number of aliphatic hydroxyl groups excluding tert-OH is 2. The van der Waals surface area contributed by atoms with Crippen LogP contribution in [-0.2, 0) is 20.3 Å². The molecule has 4 aromatic rings. The standard InChI is InChI=1S/C26H26N2O5/c1-28-24(18-8-10-20(32-2)11-9-18)23(17-6-4-16(14-29)5-7-17)27-26(28)22-13-21(33-3)12-19(15-30)25(22)31/h4-13,29-31H,14-15H2,1-3H3. The van der Waals surface area contributed by atoms with Crippen LogP contribution in [0.3, 0.4) is 0 Å². The highest BCUT2D eigenvalue weighted by Crippen LogP contribution is 2.41. The number of hydrogen-bond donors (Lipinski definition) is 3. The van der Waals surface area contributed by atoms with Gasteiger partial charge >= 0.3 is 0 Å². The third-order valence-corrected chi connectivity index (χ3v) is 5.68. The summed E-state index contributed by atoms with van der Waals surface area (Å²) in [7, 11) is 5.04. The van der Waals surface area contributed by atoms with Gasteiger partial charge in [0.15, 0.2) is 0 Å². The van der Waals surface area contributed by atoms with Crippen molar-refractivity contribution < 1.29 is 24.8 Å². The highest BCUT2D eigenvalue weighted by atomic mass is 16.5. The zero-order valence-corrected chi connectivity index (χ0v) is 18.7. The minimum absolute atomic E-state index is 0.0410. The van der Waals surface area contributed by atoms with E-state index in [1.54, 1.807) is 19.2 Å². The Hall–Kier alpha value is -3.81. The molecule has 1 heterocycles. The number of phenols is 1. The average Bonchev–Trinajstić information content (AvgIpc) is 3.21. The quantitative estimate of drug-likeness (QED) is 0.395. The number of ether oxygens (including phenoxy) is 2. The van der Waals surface area contributed by atoms with Crippen molar-refractivity contribution in [2.24, 2.45) is 7.05 Å². The number of aliphatic hydroxyl groups is 2. The molecule has 33 heavy (non-hydrogen) atoms. The smallest absolute Gasteiger partial charge is 0.144 e. The van der Waals surface area contributed by atoms with Gasteiger partial charge in [0.2, 0.25) is 0 Å². The Balaban J connectivity index is 1.97. The normalized spacial score (nSPS) is 10.9. The van der Waals surface area contributed by atoms with E-state index in [1.165, 1.54) is 7.11 Å². The molecule has 3 N–H and O–H groups in total. The van der Waals surface area contributed by atoms with Crippen molar-refractivity contribution in [3.63, 3.8) is 0 Å². The number of benzene rings is 3. The zero-order valence-electron chi connectivity index (χ0n) is 18.7. The van der Waals surface area contributed by atoms with Gasteiger partial charge in [-0.15, -0.1) is 0 Å². The van der Waals surface area contributed by atoms with Crippen LogP contribution in [0.2, 0.25) is 0 Å². The fourth-order valence-corrected chi connectivity index (χ4v) is 3.86. The molecule has 0 aliphatic heterocycles. The number of imidazole rings is 1. The molecule has 0 aliphatic carbocycles. The second kappa shape index (κ2) is 9.36. The molecule has 1 aromatic heterocycles. The molecular weight excluding hydrogens is 420 g/mol. The van der Waals surface area contributed by atoms with Crippen LogP contribution in [0.4, 0.5) is 0 Å². The van der Waals surface area contributed by atoms with Crippen molar-refractivity contribution >= 4 is 0 Å². The van der Waals surface area contributed by atoms with Crippen molar-refractivity contribution in [1.82, 2.24) is 9.55 Å². The van der Waals surface area contributed by atoms with Crippen LogP contribution in [0.25, 0.3) is 33.9 Å². The number of methoxy groups -OCH3 is 2. The van der Waals surface area contributed by atoms with Gasteiger partial charge in [0.05, 0.1) is 44.4 Å². The highest BCUT2D eigenvalue weighted by molar-refractivity contribution is 5.83. The van der Waals surface area contributed by atoms with Gasteiger partial charge in [-0.1, -0.05) is 24.3 Å². The molecule has 4 rings (SSSR count). The molecule has 7 heteroatoms. The van der Waals surface area contributed by atoms with Gasteiger partial charge in [-0.2, -0.15) is 0 Å². The van der Waals surface area contributed by atoms with Crippen LogP contribution in [-0.4, -0.2) is 39.1 Å². The van der Waals surface area contributed by atoms with Gasteiger partial charge in [0, 0.05) is 23.7 Å². The second-order valence-electron chi connectivity index (χ2n) is 7.62. The molecule has 0 atom stereocenters. The van der Waals surface area contributed by atoms with Crippen LogP contribution in [0.15, 0.2) is 60.7 Å². The molecule has 0 bridgehead atoms. The van der Waals surface area contributed by atoms with Crippen molar-refractivity contribution in [2.75, 3.05) is 14.2 Å². The molecule has 3 aromatic carbocycles. The van der Waals surface area contributed by atoms with E-state index >= 15 is 0 Å². The minimum atomic E-state index is -0.332. The average molecular weight is 447 g/mol. The predicted octanol–water partition coefficient (Wildman–Crippen LogP) is 4.13. The largest absolute Gasteiger partial charge is 0.507 e. The van der Waals surface area contributed by atoms with E-state index in [9.17, 15) is 15.3 Å². The van der Waals surface area contributed by atoms with Crippen molar-refractivity contribution in [2.45, 2.75) is 13.2 Å². The van der Waals surface area contributed by atoms with Gasteiger partial charge < -0.3 is 29.4 Å². The molecule has 0 unspecified atom stereocenters. The maximum absolute atomic E-state index is 10.9. The lowest BCUT2D eigenvalue weighted by molar-refractivity contribution is 0.274. The number of rotatable bonds is 7. The molecule has 0 aliphatic rings. The van der Waals surface area contributed by atoms with E-state index < -0.39 is 0 Å². The fourth-order valence-electron chi connectivity index (χ4n) is 3.86. The number of nitrogens with zero attached hydrogens (tertiary/aromatic N) is 2. The molecule has 0 spiro atoms. The molecule has 0 saturated heterocycles. The predicted molar refractivity (Wildman–Crippen MR) is 126 cm³/mol. The van der Waals surface area contributed by atoms with E-state index in [4.69, 9.17) is 14.5 Å². The fraction of sp³-hybridized carbons (Fsp3) is 0.192. The summed E-state index contributed by atoms with van der Waals surface area (Å²) in [6.45, 7) is -0.373. The maximum atomic E-state index is 10.9. The Kier molecular flexibility index (Phi) is 6.35. The first-order valence-corrected chi connectivity index (χ1v) is 10.4. The van der Waals surface area contributed by atoms with Crippen molar-refractivity contribution in [3.8, 4) is 51.2 Å². The van der Waals surface area contributed by atoms with Crippen molar-refractivity contribution in [3.05, 3.63) is 71.8 Å². The Labute approximate surface area is 192 Å². The number of aromatic hydroxyl groups is 1. The first-order chi connectivity index (χ1) is 16.0. The van der Waals surface area contributed by atoms with Crippen LogP contribution in [0, 0.1) is 0 Å². The van der Waals surface area contributed by atoms with Crippen LogP contribution < -0.4 is 9.47 Å². The lowest BCUT2D eigenvalue weighted by atomic mass is 10.0. The second-order valence-corrected chi connectivity index (χ2v) is 7.62. The summed E-state index contributed by atoms with van der Waals surface area (Å²) in [5.74, 6) is 1.73. The Morgan fingerprint density at radius 3 is 2.03 bits per heavy atom. The monoisotopic (exact) mass is 446 g/mol. The molecular formula is C26H26N2O5. The van der Waals surface area contributed by atoms with E-state index in [2.05, 4.69) is 0 Å². The first kappa shape index (κ1) is 22.4. The third-order valence-electron chi connectivity index (χ3n) is 5.68. The van der Waals surface area contributed by atoms with Gasteiger partial charge in [0.1, 0.15) is 23.1 Å². The van der Waals surface area contributed by atoms with E-state index in [-0.39, 0.29) is 19.0 Å². The summed E-state index contributed by atoms with van der Waals surface area (Å²) >= 11 is 0. The van der Waals surface area contributed by atoms with Crippen LogP contribution in [0.1, 0.15) is 11.1 Å². The van der Waals surface area contributed by atoms with Gasteiger partial charge in [-0.05, 0) is 42.0 Å². The Morgan fingerprint density at radius 2 is 1.45 bits per heavy atom. The zero-order chi connectivity index (χ0) is 23.5. The summed E-state index contributed by atoms with van der Waals surface area (Å²) in [4.78, 5) is 4.91. The molecule has 0 fully saturated rings. The van der Waals surface area contributed by atoms with Gasteiger partial charge in [0.25, 0.3) is 0 Å².